The van der Waals surface area contributed by atoms with Gasteiger partial charge in [-0.2, -0.15) is 0 Å². The minimum absolute atomic E-state index is 0.233. The van der Waals surface area contributed by atoms with E-state index in [1.807, 2.05) is 0 Å². The number of urea groups is 1. The number of rotatable bonds is 4. The molecule has 0 spiro atoms. The molecule has 0 aliphatic rings. The molecule has 0 saturated heterocycles. The van der Waals surface area contributed by atoms with E-state index in [2.05, 4.69) is 10.6 Å². The number of carbonyl (C=O) groups excluding carboxylic acids is 1. The van der Waals surface area contributed by atoms with Crippen LogP contribution in [0.5, 0.6) is 0 Å². The maximum Gasteiger partial charge on any atom is 0.315 e. The lowest BCUT2D eigenvalue weighted by Gasteiger charge is -2.15. The minimum atomic E-state index is -0.960. The Kier molecular flexibility index (Phi) is 5.04. The van der Waals surface area contributed by atoms with Crippen molar-refractivity contribution in [3.05, 3.63) is 71.0 Å². The van der Waals surface area contributed by atoms with Crippen molar-refractivity contribution in [3.63, 3.8) is 0 Å². The Morgan fingerprint density at radius 1 is 1.05 bits per heavy atom. The van der Waals surface area contributed by atoms with Crippen molar-refractivity contribution in [2.24, 2.45) is 0 Å². The lowest BCUT2D eigenvalue weighted by Crippen LogP contribution is -2.36. The SMILES string of the molecule is CC(NC(=O)NCc1ccc(F)cc1)c1ccc(F)c(F)c1. The third-order valence-corrected chi connectivity index (χ3v) is 3.16. The highest BCUT2D eigenvalue weighted by molar-refractivity contribution is 5.74. The Labute approximate surface area is 126 Å². The number of halogens is 3. The normalized spacial score (nSPS) is 11.8. The van der Waals surface area contributed by atoms with Crippen LogP contribution in [0.15, 0.2) is 42.5 Å². The summed E-state index contributed by atoms with van der Waals surface area (Å²) in [4.78, 5) is 11.8. The summed E-state index contributed by atoms with van der Waals surface area (Å²) in [5.74, 6) is -2.24. The first-order chi connectivity index (χ1) is 10.5. The smallest absolute Gasteiger partial charge is 0.315 e. The second kappa shape index (κ2) is 6.98. The summed E-state index contributed by atoms with van der Waals surface area (Å²) in [6.45, 7) is 1.89. The fraction of sp³-hybridized carbons (Fsp3) is 0.188. The van der Waals surface area contributed by atoms with E-state index in [0.717, 1.165) is 17.7 Å². The van der Waals surface area contributed by atoms with Crippen molar-refractivity contribution in [1.29, 1.82) is 0 Å². The topological polar surface area (TPSA) is 41.1 Å². The van der Waals surface area contributed by atoms with Crippen LogP contribution < -0.4 is 10.6 Å². The lowest BCUT2D eigenvalue weighted by atomic mass is 10.1. The molecule has 0 aliphatic heterocycles. The zero-order valence-corrected chi connectivity index (χ0v) is 11.9. The number of nitrogens with one attached hydrogen (secondary N) is 2. The Morgan fingerprint density at radius 2 is 1.73 bits per heavy atom. The summed E-state index contributed by atoms with van der Waals surface area (Å²) in [6, 6.07) is 8.26. The standard InChI is InChI=1S/C16H15F3N2O/c1-10(12-4-7-14(18)15(19)8-12)21-16(22)20-9-11-2-5-13(17)6-3-11/h2-8,10H,9H2,1H3,(H2,20,21,22). The second-order valence-electron chi connectivity index (χ2n) is 4.85. The first-order valence-electron chi connectivity index (χ1n) is 6.69. The van der Waals surface area contributed by atoms with Gasteiger partial charge in [-0.15, -0.1) is 0 Å². The van der Waals surface area contributed by atoms with Gasteiger partial charge in [0.15, 0.2) is 11.6 Å². The van der Waals surface area contributed by atoms with E-state index in [-0.39, 0.29) is 12.4 Å². The Morgan fingerprint density at radius 3 is 2.36 bits per heavy atom. The average Bonchev–Trinajstić information content (AvgIpc) is 2.49. The molecule has 0 aliphatic carbocycles. The quantitative estimate of drug-likeness (QED) is 0.889. The van der Waals surface area contributed by atoms with E-state index in [1.165, 1.54) is 18.2 Å². The zero-order chi connectivity index (χ0) is 16.1. The molecular formula is C16H15F3N2O. The number of benzene rings is 2. The fourth-order valence-electron chi connectivity index (χ4n) is 1.90. The largest absolute Gasteiger partial charge is 0.334 e. The van der Waals surface area contributed by atoms with Crippen molar-refractivity contribution < 1.29 is 18.0 Å². The van der Waals surface area contributed by atoms with E-state index in [9.17, 15) is 18.0 Å². The van der Waals surface area contributed by atoms with Crippen LogP contribution in [0, 0.1) is 17.5 Å². The Balaban J connectivity index is 1.88. The van der Waals surface area contributed by atoms with Crippen LogP contribution in [0.3, 0.4) is 0 Å². The van der Waals surface area contributed by atoms with Crippen molar-refractivity contribution >= 4 is 6.03 Å². The van der Waals surface area contributed by atoms with Gasteiger partial charge in [0.2, 0.25) is 0 Å². The Hall–Kier alpha value is -2.50. The monoisotopic (exact) mass is 308 g/mol. The van der Waals surface area contributed by atoms with Gasteiger partial charge in [-0.1, -0.05) is 18.2 Å². The molecule has 2 amide bonds. The highest BCUT2D eigenvalue weighted by atomic mass is 19.2. The summed E-state index contributed by atoms with van der Waals surface area (Å²) < 4.78 is 38.8. The Bertz CT molecular complexity index is 659. The second-order valence-corrected chi connectivity index (χ2v) is 4.85. The average molecular weight is 308 g/mol. The molecule has 6 heteroatoms. The molecule has 3 nitrogen and oxygen atoms in total. The minimum Gasteiger partial charge on any atom is -0.334 e. The highest BCUT2D eigenvalue weighted by Gasteiger charge is 2.11. The van der Waals surface area contributed by atoms with E-state index in [4.69, 9.17) is 0 Å². The van der Waals surface area contributed by atoms with Gasteiger partial charge in [-0.25, -0.2) is 18.0 Å². The predicted molar refractivity (Wildman–Crippen MR) is 76.5 cm³/mol. The molecule has 0 bridgehead atoms. The molecule has 0 aromatic heterocycles. The van der Waals surface area contributed by atoms with Gasteiger partial charge >= 0.3 is 6.03 Å². The van der Waals surface area contributed by atoms with Gasteiger partial charge in [0, 0.05) is 6.54 Å². The zero-order valence-electron chi connectivity index (χ0n) is 11.9. The highest BCUT2D eigenvalue weighted by Crippen LogP contribution is 2.15. The van der Waals surface area contributed by atoms with Crippen LogP contribution in [0.4, 0.5) is 18.0 Å². The summed E-state index contributed by atoms with van der Waals surface area (Å²) in [5, 5.41) is 5.22. The summed E-state index contributed by atoms with van der Waals surface area (Å²) in [7, 11) is 0. The van der Waals surface area contributed by atoms with E-state index >= 15 is 0 Å². The molecule has 0 fully saturated rings. The molecule has 2 aromatic carbocycles. The van der Waals surface area contributed by atoms with Gasteiger partial charge in [0.05, 0.1) is 6.04 Å². The first kappa shape index (κ1) is 15.9. The lowest BCUT2D eigenvalue weighted by molar-refractivity contribution is 0.237. The van der Waals surface area contributed by atoms with E-state index in [0.29, 0.717) is 5.56 Å². The maximum absolute atomic E-state index is 13.1. The summed E-state index contributed by atoms with van der Waals surface area (Å²) in [6.07, 6.45) is 0. The van der Waals surface area contributed by atoms with Crippen molar-refractivity contribution in [2.45, 2.75) is 19.5 Å². The van der Waals surface area contributed by atoms with Gasteiger partial charge < -0.3 is 10.6 Å². The van der Waals surface area contributed by atoms with Crippen LogP contribution in [-0.4, -0.2) is 6.03 Å². The van der Waals surface area contributed by atoms with Crippen molar-refractivity contribution in [3.8, 4) is 0 Å². The van der Waals surface area contributed by atoms with Gasteiger partial charge in [0.25, 0.3) is 0 Å². The van der Waals surface area contributed by atoms with Crippen LogP contribution in [-0.2, 0) is 6.54 Å². The van der Waals surface area contributed by atoms with Gasteiger partial charge in [-0.3, -0.25) is 0 Å². The number of carbonyl (C=O) groups is 1. The maximum atomic E-state index is 13.1. The molecule has 0 saturated carbocycles. The molecule has 2 rings (SSSR count). The molecule has 1 atom stereocenters. The molecule has 22 heavy (non-hydrogen) atoms. The number of hydrogen-bond donors (Lipinski definition) is 2. The van der Waals surface area contributed by atoms with Gasteiger partial charge in [0.1, 0.15) is 5.82 Å². The molecule has 0 heterocycles. The summed E-state index contributed by atoms with van der Waals surface area (Å²) in [5.41, 5.74) is 1.20. The van der Waals surface area contributed by atoms with Crippen LogP contribution in [0.25, 0.3) is 0 Å². The van der Waals surface area contributed by atoms with Crippen molar-refractivity contribution in [1.82, 2.24) is 10.6 Å². The third-order valence-electron chi connectivity index (χ3n) is 3.16. The molecule has 2 aromatic rings. The first-order valence-corrected chi connectivity index (χ1v) is 6.69. The van der Waals surface area contributed by atoms with Crippen LogP contribution >= 0.6 is 0 Å². The number of amides is 2. The van der Waals surface area contributed by atoms with E-state index < -0.39 is 23.7 Å². The van der Waals surface area contributed by atoms with Crippen LogP contribution in [0.2, 0.25) is 0 Å². The molecular weight excluding hydrogens is 293 g/mol. The molecule has 0 radical (unpaired) electrons. The third kappa shape index (κ3) is 4.25. The fourth-order valence-corrected chi connectivity index (χ4v) is 1.90. The van der Waals surface area contributed by atoms with E-state index in [1.54, 1.807) is 19.1 Å². The van der Waals surface area contributed by atoms with Crippen molar-refractivity contribution in [2.75, 3.05) is 0 Å². The van der Waals surface area contributed by atoms with Gasteiger partial charge in [-0.05, 0) is 42.3 Å². The summed E-state index contributed by atoms with van der Waals surface area (Å²) >= 11 is 0. The molecule has 1 unspecified atom stereocenters. The molecule has 2 N–H and O–H groups in total. The van der Waals surface area contributed by atoms with Crippen LogP contribution in [0.1, 0.15) is 24.1 Å². The molecule has 116 valence electrons. The predicted octanol–water partition coefficient (Wildman–Crippen LogP) is 3.66. The number of hydrogen-bond acceptors (Lipinski definition) is 1.